The van der Waals surface area contributed by atoms with Gasteiger partial charge in [0.05, 0.1) is 19.6 Å². The molecule has 0 spiro atoms. The van der Waals surface area contributed by atoms with Crippen LogP contribution in [0.5, 0.6) is 0 Å². The van der Waals surface area contributed by atoms with Gasteiger partial charge in [0.15, 0.2) is 0 Å². The third-order valence-electron chi connectivity index (χ3n) is 6.26. The lowest BCUT2D eigenvalue weighted by atomic mass is 9.80. The minimum Gasteiger partial charge on any atom is -0.467 e. The van der Waals surface area contributed by atoms with E-state index in [0.717, 1.165) is 27.8 Å². The van der Waals surface area contributed by atoms with Gasteiger partial charge in [-0.3, -0.25) is 4.79 Å². The van der Waals surface area contributed by atoms with Gasteiger partial charge in [-0.2, -0.15) is 0 Å². The van der Waals surface area contributed by atoms with E-state index >= 15 is 0 Å². The van der Waals surface area contributed by atoms with Gasteiger partial charge >= 0.3 is 5.97 Å². The van der Waals surface area contributed by atoms with Crippen LogP contribution in [0.15, 0.2) is 36.4 Å². The Bertz CT molecular complexity index is 947. The maximum Gasteiger partial charge on any atom is 0.331 e. The summed E-state index contributed by atoms with van der Waals surface area (Å²) in [5.41, 5.74) is 4.23. The van der Waals surface area contributed by atoms with Crippen molar-refractivity contribution in [2.45, 2.75) is 57.6 Å². The third-order valence-corrected chi connectivity index (χ3v) is 6.52. The Hall–Kier alpha value is -2.37. The minimum absolute atomic E-state index is 0.107. The maximum absolute atomic E-state index is 13.0. The quantitative estimate of drug-likeness (QED) is 0.652. The minimum atomic E-state index is -0.988. The Morgan fingerprint density at radius 2 is 1.71 bits per heavy atom. The molecule has 6 heteroatoms. The summed E-state index contributed by atoms with van der Waals surface area (Å²) in [6, 6.07) is 11.8. The molecule has 1 N–H and O–H groups in total. The lowest BCUT2D eigenvalue weighted by Crippen LogP contribution is -2.57. The molecule has 166 valence electrons. The Balaban J connectivity index is 1.81. The molecule has 0 bridgehead atoms. The van der Waals surface area contributed by atoms with Crippen LogP contribution >= 0.6 is 11.6 Å². The molecule has 0 saturated heterocycles. The molecule has 1 saturated carbocycles. The second-order valence-electron chi connectivity index (χ2n) is 8.33. The molecule has 31 heavy (non-hydrogen) atoms. The number of carbonyl (C=O) groups is 2. The lowest BCUT2D eigenvalue weighted by Gasteiger charge is -2.38. The van der Waals surface area contributed by atoms with E-state index in [4.69, 9.17) is 21.1 Å². The summed E-state index contributed by atoms with van der Waals surface area (Å²) in [7, 11) is 3.04. The van der Waals surface area contributed by atoms with Crippen LogP contribution < -0.4 is 5.32 Å². The first-order valence-corrected chi connectivity index (χ1v) is 10.9. The summed E-state index contributed by atoms with van der Waals surface area (Å²) >= 11 is 6.03. The van der Waals surface area contributed by atoms with Crippen molar-refractivity contribution in [1.29, 1.82) is 0 Å². The van der Waals surface area contributed by atoms with Gasteiger partial charge in [-0.25, -0.2) is 4.79 Å². The number of methoxy groups -OCH3 is 2. The normalized spacial score (nSPS) is 20.9. The molecule has 0 heterocycles. The summed E-state index contributed by atoms with van der Waals surface area (Å²) in [6.07, 6.45) is 2.72. The predicted octanol–water partition coefficient (Wildman–Crippen LogP) is 4.78. The fourth-order valence-electron chi connectivity index (χ4n) is 4.41. The Kier molecular flexibility index (Phi) is 7.39. The summed E-state index contributed by atoms with van der Waals surface area (Å²) < 4.78 is 10.4. The first kappa shape index (κ1) is 23.3. The monoisotopic (exact) mass is 443 g/mol. The zero-order valence-corrected chi connectivity index (χ0v) is 19.3. The number of ether oxygens (including phenoxy) is 2. The molecular formula is C25H30ClNO4. The van der Waals surface area contributed by atoms with E-state index in [1.54, 1.807) is 7.11 Å². The molecule has 2 aromatic rings. The van der Waals surface area contributed by atoms with Gasteiger partial charge < -0.3 is 14.8 Å². The van der Waals surface area contributed by atoms with Crippen molar-refractivity contribution in [2.75, 3.05) is 14.2 Å². The van der Waals surface area contributed by atoms with Crippen LogP contribution in [0.4, 0.5) is 0 Å². The number of aryl methyl sites for hydroxylation is 2. The average Bonchev–Trinajstić information content (AvgIpc) is 2.76. The lowest BCUT2D eigenvalue weighted by molar-refractivity contribution is -0.153. The van der Waals surface area contributed by atoms with Crippen LogP contribution in [0.1, 0.15) is 42.4 Å². The molecule has 0 aromatic heterocycles. The van der Waals surface area contributed by atoms with Crippen LogP contribution in [0.25, 0.3) is 11.1 Å². The number of halogens is 1. The molecule has 5 nitrogen and oxygen atoms in total. The van der Waals surface area contributed by atoms with Crippen molar-refractivity contribution in [2.24, 2.45) is 0 Å². The van der Waals surface area contributed by atoms with Gasteiger partial charge in [0.2, 0.25) is 5.91 Å². The molecule has 1 aliphatic carbocycles. The van der Waals surface area contributed by atoms with Crippen LogP contribution in [0, 0.1) is 13.8 Å². The highest BCUT2D eigenvalue weighted by molar-refractivity contribution is 6.30. The topological polar surface area (TPSA) is 64.6 Å². The zero-order chi connectivity index (χ0) is 22.6. The molecule has 1 fully saturated rings. The number of hydrogen-bond donors (Lipinski definition) is 1. The molecule has 0 atom stereocenters. The van der Waals surface area contributed by atoms with E-state index in [9.17, 15) is 9.59 Å². The molecule has 2 aromatic carbocycles. The number of carbonyl (C=O) groups excluding carboxylic acids is 2. The van der Waals surface area contributed by atoms with E-state index in [0.29, 0.717) is 30.7 Å². The zero-order valence-electron chi connectivity index (χ0n) is 18.6. The van der Waals surface area contributed by atoms with Crippen molar-refractivity contribution in [1.82, 2.24) is 5.32 Å². The molecule has 0 radical (unpaired) electrons. The van der Waals surface area contributed by atoms with Crippen LogP contribution in [-0.2, 0) is 25.5 Å². The van der Waals surface area contributed by atoms with E-state index in [2.05, 4.69) is 24.4 Å². The second kappa shape index (κ2) is 9.84. The van der Waals surface area contributed by atoms with Gasteiger partial charge in [-0.1, -0.05) is 35.9 Å². The summed E-state index contributed by atoms with van der Waals surface area (Å²) in [5, 5.41) is 3.68. The van der Waals surface area contributed by atoms with Crippen LogP contribution in [-0.4, -0.2) is 37.7 Å². The average molecular weight is 444 g/mol. The van der Waals surface area contributed by atoms with Gasteiger partial charge in [-0.15, -0.1) is 0 Å². The smallest absolute Gasteiger partial charge is 0.331 e. The molecule has 3 rings (SSSR count). The molecular weight excluding hydrogens is 414 g/mol. The van der Waals surface area contributed by atoms with E-state index in [1.165, 1.54) is 7.11 Å². The number of benzene rings is 2. The summed E-state index contributed by atoms with van der Waals surface area (Å²) in [6.45, 7) is 4.06. The summed E-state index contributed by atoms with van der Waals surface area (Å²) in [4.78, 5) is 25.6. The Morgan fingerprint density at radius 3 is 2.29 bits per heavy atom. The van der Waals surface area contributed by atoms with E-state index in [-0.39, 0.29) is 18.4 Å². The van der Waals surface area contributed by atoms with Gasteiger partial charge in [0.1, 0.15) is 5.54 Å². The van der Waals surface area contributed by atoms with Gasteiger partial charge in [0.25, 0.3) is 0 Å². The van der Waals surface area contributed by atoms with E-state index in [1.807, 2.05) is 31.2 Å². The van der Waals surface area contributed by atoms with Gasteiger partial charge in [-0.05, 0) is 79.5 Å². The number of hydrogen-bond acceptors (Lipinski definition) is 4. The number of esters is 1. The Labute approximate surface area is 189 Å². The van der Waals surface area contributed by atoms with Crippen molar-refractivity contribution >= 4 is 23.5 Å². The van der Waals surface area contributed by atoms with Crippen molar-refractivity contribution < 1.29 is 19.1 Å². The second-order valence-corrected chi connectivity index (χ2v) is 8.77. The van der Waals surface area contributed by atoms with Crippen LogP contribution in [0.3, 0.4) is 0 Å². The third kappa shape index (κ3) is 5.28. The highest BCUT2D eigenvalue weighted by atomic mass is 35.5. The van der Waals surface area contributed by atoms with Crippen molar-refractivity contribution in [3.8, 4) is 11.1 Å². The molecule has 1 aliphatic rings. The fraction of sp³-hybridized carbons (Fsp3) is 0.440. The molecule has 0 unspecified atom stereocenters. The number of nitrogens with one attached hydrogen (secondary N) is 1. The largest absolute Gasteiger partial charge is 0.467 e. The standard InChI is InChI=1S/C25H30ClNO4/c1-16-13-17(2)22(18-5-7-20(26)8-6-18)14-19(16)15-23(28)27-25(24(29)31-4)11-9-21(30-3)10-12-25/h5-8,13-14,21H,9-12,15H2,1-4H3,(H,27,28). The SMILES string of the molecule is COC(=O)C1(NC(=O)Cc2cc(-c3ccc(Cl)cc3)c(C)cc2C)CCC(OC)CC1. The number of amides is 1. The predicted molar refractivity (Wildman–Crippen MR) is 122 cm³/mol. The first-order chi connectivity index (χ1) is 14.8. The molecule has 1 amide bonds. The first-order valence-electron chi connectivity index (χ1n) is 10.6. The maximum atomic E-state index is 13.0. The fourth-order valence-corrected chi connectivity index (χ4v) is 4.53. The Morgan fingerprint density at radius 1 is 1.06 bits per heavy atom. The highest BCUT2D eigenvalue weighted by Gasteiger charge is 2.44. The van der Waals surface area contributed by atoms with E-state index < -0.39 is 11.5 Å². The number of rotatable bonds is 6. The molecule has 0 aliphatic heterocycles. The summed E-state index contributed by atoms with van der Waals surface area (Å²) in [5.74, 6) is -0.576. The van der Waals surface area contributed by atoms with Gasteiger partial charge in [0, 0.05) is 12.1 Å². The van der Waals surface area contributed by atoms with Crippen LogP contribution in [0.2, 0.25) is 5.02 Å². The highest BCUT2D eigenvalue weighted by Crippen LogP contribution is 2.32. The van der Waals surface area contributed by atoms with Crippen molar-refractivity contribution in [3.63, 3.8) is 0 Å². The van der Waals surface area contributed by atoms with Crippen molar-refractivity contribution in [3.05, 3.63) is 58.1 Å².